The van der Waals surface area contributed by atoms with Gasteiger partial charge in [0.15, 0.2) is 0 Å². The summed E-state index contributed by atoms with van der Waals surface area (Å²) in [5.41, 5.74) is 0. The Morgan fingerprint density at radius 2 is 2.17 bits per heavy atom. The molecule has 0 bridgehead atoms. The van der Waals surface area contributed by atoms with E-state index in [1.807, 2.05) is 11.3 Å². The van der Waals surface area contributed by atoms with Crippen molar-refractivity contribution in [2.75, 3.05) is 0 Å². The number of hydrogen-bond donors (Lipinski definition) is 0. The second kappa shape index (κ2) is 3.58. The lowest BCUT2D eigenvalue weighted by atomic mass is 10.5. The van der Waals surface area contributed by atoms with E-state index in [1.165, 1.54) is 10.9 Å². The number of allylic oxidation sites excluding steroid dienone is 1. The summed E-state index contributed by atoms with van der Waals surface area (Å²) in [6.45, 7) is 10.8. The number of rotatable bonds is 3. The van der Waals surface area contributed by atoms with Gasteiger partial charge in [0.1, 0.15) is 0 Å². The predicted molar refractivity (Wildman–Crippen MR) is 61.2 cm³/mol. The highest BCUT2D eigenvalue weighted by Gasteiger charge is 2.22. The van der Waals surface area contributed by atoms with Crippen LogP contribution in [-0.4, -0.2) is 8.07 Å². The monoisotopic (exact) mass is 196 g/mol. The SMILES string of the molecule is C=CC[Si](C)(C)c1ccc(C)s1. The molecular formula is C10H16SSi. The molecule has 0 aromatic carbocycles. The summed E-state index contributed by atoms with van der Waals surface area (Å²) >= 11 is 1.95. The van der Waals surface area contributed by atoms with Crippen molar-refractivity contribution in [3.63, 3.8) is 0 Å². The summed E-state index contributed by atoms with van der Waals surface area (Å²) in [5.74, 6) is 0. The quantitative estimate of drug-likeness (QED) is 0.514. The first-order valence-electron chi connectivity index (χ1n) is 4.24. The third kappa shape index (κ3) is 2.08. The van der Waals surface area contributed by atoms with Gasteiger partial charge in [0.05, 0.1) is 8.07 Å². The Morgan fingerprint density at radius 3 is 2.58 bits per heavy atom. The van der Waals surface area contributed by atoms with Gasteiger partial charge in [-0.15, -0.1) is 6.58 Å². The molecule has 0 nitrogen and oxygen atoms in total. The molecule has 0 aliphatic rings. The van der Waals surface area contributed by atoms with Crippen LogP contribution in [0.5, 0.6) is 0 Å². The molecule has 0 saturated carbocycles. The minimum atomic E-state index is -1.16. The van der Waals surface area contributed by atoms with Crippen molar-refractivity contribution in [2.24, 2.45) is 0 Å². The molecule has 1 heterocycles. The van der Waals surface area contributed by atoms with Crippen LogP contribution in [-0.2, 0) is 0 Å². The van der Waals surface area contributed by atoms with Gasteiger partial charge in [0.25, 0.3) is 0 Å². The van der Waals surface area contributed by atoms with Gasteiger partial charge in [-0.1, -0.05) is 25.2 Å². The van der Waals surface area contributed by atoms with E-state index in [1.54, 1.807) is 4.50 Å². The smallest absolute Gasteiger partial charge is 0.0971 e. The molecule has 0 saturated heterocycles. The number of hydrogen-bond acceptors (Lipinski definition) is 1. The summed E-state index contributed by atoms with van der Waals surface area (Å²) in [5, 5.41) is 0. The molecule has 2 heteroatoms. The molecule has 0 fully saturated rings. The first kappa shape index (κ1) is 9.74. The number of aryl methyl sites for hydroxylation is 1. The lowest BCUT2D eigenvalue weighted by molar-refractivity contribution is 1.57. The van der Waals surface area contributed by atoms with Gasteiger partial charge in [-0.3, -0.25) is 0 Å². The third-order valence-corrected chi connectivity index (χ3v) is 7.65. The van der Waals surface area contributed by atoms with Crippen LogP contribution in [0.15, 0.2) is 24.8 Å². The maximum atomic E-state index is 3.82. The minimum absolute atomic E-state index is 1.16. The van der Waals surface area contributed by atoms with Crippen LogP contribution in [0.2, 0.25) is 19.1 Å². The van der Waals surface area contributed by atoms with E-state index in [4.69, 9.17) is 0 Å². The third-order valence-electron chi connectivity index (χ3n) is 2.06. The van der Waals surface area contributed by atoms with E-state index in [2.05, 4.69) is 44.8 Å². The maximum Gasteiger partial charge on any atom is 0.0971 e. The van der Waals surface area contributed by atoms with Gasteiger partial charge in [0, 0.05) is 4.88 Å². The average molecular weight is 196 g/mol. The molecule has 0 aliphatic carbocycles. The zero-order valence-electron chi connectivity index (χ0n) is 8.05. The van der Waals surface area contributed by atoms with Crippen molar-refractivity contribution >= 4 is 23.9 Å². The van der Waals surface area contributed by atoms with Gasteiger partial charge < -0.3 is 0 Å². The second-order valence-electron chi connectivity index (χ2n) is 3.79. The molecule has 0 amide bonds. The standard InChI is InChI=1S/C10H16SSi/c1-5-8-12(3,4)10-7-6-9(2)11-10/h5-7H,1,8H2,2-4H3. The Kier molecular flexibility index (Phi) is 2.91. The minimum Gasteiger partial charge on any atom is -0.150 e. The summed E-state index contributed by atoms with van der Waals surface area (Å²) in [7, 11) is -1.16. The molecule has 0 atom stereocenters. The van der Waals surface area contributed by atoms with Gasteiger partial charge in [-0.2, -0.15) is 11.3 Å². The van der Waals surface area contributed by atoms with Crippen molar-refractivity contribution in [2.45, 2.75) is 26.1 Å². The molecule has 0 aliphatic heterocycles. The Bertz CT molecular complexity index is 273. The zero-order chi connectivity index (χ0) is 9.19. The normalized spacial score (nSPS) is 11.6. The topological polar surface area (TPSA) is 0 Å². The highest BCUT2D eigenvalue weighted by atomic mass is 32.1. The Morgan fingerprint density at radius 1 is 1.50 bits per heavy atom. The predicted octanol–water partition coefficient (Wildman–Crippen LogP) is 3.16. The second-order valence-corrected chi connectivity index (χ2v) is 10.2. The van der Waals surface area contributed by atoms with Crippen LogP contribution in [0, 0.1) is 6.92 Å². The fourth-order valence-corrected chi connectivity index (χ4v) is 5.17. The van der Waals surface area contributed by atoms with E-state index in [9.17, 15) is 0 Å². The molecule has 0 unspecified atom stereocenters. The van der Waals surface area contributed by atoms with Crippen molar-refractivity contribution in [3.8, 4) is 0 Å². The van der Waals surface area contributed by atoms with Crippen molar-refractivity contribution in [1.29, 1.82) is 0 Å². The van der Waals surface area contributed by atoms with Crippen molar-refractivity contribution in [3.05, 3.63) is 29.7 Å². The van der Waals surface area contributed by atoms with E-state index in [0.29, 0.717) is 0 Å². The largest absolute Gasteiger partial charge is 0.150 e. The van der Waals surface area contributed by atoms with E-state index in [-0.39, 0.29) is 0 Å². The summed E-state index contributed by atoms with van der Waals surface area (Å²) in [6, 6.07) is 5.69. The van der Waals surface area contributed by atoms with Gasteiger partial charge in [-0.25, -0.2) is 0 Å². The molecular weight excluding hydrogens is 180 g/mol. The van der Waals surface area contributed by atoms with Crippen LogP contribution >= 0.6 is 11.3 Å². The Balaban J connectivity index is 2.88. The summed E-state index contributed by atoms with van der Waals surface area (Å²) < 4.78 is 1.60. The van der Waals surface area contributed by atoms with E-state index in [0.717, 1.165) is 0 Å². The molecule has 1 rings (SSSR count). The Labute approximate surface area is 80.0 Å². The molecule has 12 heavy (non-hydrogen) atoms. The highest BCUT2D eigenvalue weighted by molar-refractivity contribution is 7.26. The Hall–Kier alpha value is -0.343. The molecule has 1 aromatic heterocycles. The fourth-order valence-electron chi connectivity index (χ4n) is 1.26. The fraction of sp³-hybridized carbons (Fsp3) is 0.400. The van der Waals surface area contributed by atoms with Crippen LogP contribution in [0.4, 0.5) is 0 Å². The molecule has 0 N–H and O–H groups in total. The van der Waals surface area contributed by atoms with Gasteiger partial charge >= 0.3 is 0 Å². The number of thiophene rings is 1. The van der Waals surface area contributed by atoms with E-state index < -0.39 is 8.07 Å². The molecule has 1 aromatic rings. The molecule has 0 radical (unpaired) electrons. The first-order valence-corrected chi connectivity index (χ1v) is 8.26. The summed E-state index contributed by atoms with van der Waals surface area (Å²) in [4.78, 5) is 1.43. The molecule has 66 valence electrons. The average Bonchev–Trinajstić information content (AvgIpc) is 2.36. The van der Waals surface area contributed by atoms with Gasteiger partial charge in [0.2, 0.25) is 0 Å². The van der Waals surface area contributed by atoms with Gasteiger partial charge in [-0.05, 0) is 23.5 Å². The zero-order valence-corrected chi connectivity index (χ0v) is 9.87. The van der Waals surface area contributed by atoms with Crippen LogP contribution in [0.25, 0.3) is 0 Å². The lowest BCUT2D eigenvalue weighted by Gasteiger charge is -2.17. The van der Waals surface area contributed by atoms with Crippen LogP contribution < -0.4 is 4.50 Å². The highest BCUT2D eigenvalue weighted by Crippen LogP contribution is 2.15. The molecule has 0 spiro atoms. The summed E-state index contributed by atoms with van der Waals surface area (Å²) in [6.07, 6.45) is 2.06. The first-order chi connectivity index (χ1) is 5.56. The van der Waals surface area contributed by atoms with Crippen molar-refractivity contribution < 1.29 is 0 Å². The van der Waals surface area contributed by atoms with Crippen LogP contribution in [0.3, 0.4) is 0 Å². The van der Waals surface area contributed by atoms with Crippen LogP contribution in [0.1, 0.15) is 4.88 Å². The lowest BCUT2D eigenvalue weighted by Crippen LogP contribution is -2.38. The van der Waals surface area contributed by atoms with Crippen molar-refractivity contribution in [1.82, 2.24) is 0 Å². The maximum absolute atomic E-state index is 3.82. The van der Waals surface area contributed by atoms with E-state index >= 15 is 0 Å².